The Balaban J connectivity index is 2.08. The summed E-state index contributed by atoms with van der Waals surface area (Å²) in [4.78, 5) is 18.1. The molecule has 2 rings (SSSR count). The first kappa shape index (κ1) is 14.3. The summed E-state index contributed by atoms with van der Waals surface area (Å²) in [5, 5.41) is 0. The van der Waals surface area contributed by atoms with Gasteiger partial charge in [0.15, 0.2) is 6.40 Å². The van der Waals surface area contributed by atoms with Crippen LogP contribution in [0.2, 0.25) is 0 Å². The predicted octanol–water partition coefficient (Wildman–Crippen LogP) is 1.60. The molecule has 1 aliphatic heterocycles. The molecule has 1 aromatic carbocycles. The highest BCUT2D eigenvalue weighted by Gasteiger charge is 2.27. The van der Waals surface area contributed by atoms with Gasteiger partial charge in [0.2, 0.25) is 0 Å². The van der Waals surface area contributed by atoms with Crippen LogP contribution in [0.1, 0.15) is 5.56 Å². The highest BCUT2D eigenvalue weighted by molar-refractivity contribution is 5.90. The molecule has 0 aromatic heterocycles. The number of aliphatic imine (C=N–C) groups is 1. The Labute approximate surface area is 118 Å². The van der Waals surface area contributed by atoms with E-state index in [1.807, 2.05) is 18.2 Å². The van der Waals surface area contributed by atoms with Gasteiger partial charge in [0, 0.05) is 19.6 Å². The number of ether oxygens (including phenoxy) is 2. The number of hydrogen-bond donors (Lipinski definition) is 0. The lowest BCUT2D eigenvalue weighted by molar-refractivity contribution is -0.136. The Hall–Kier alpha value is -2.14. The van der Waals surface area contributed by atoms with Crippen molar-refractivity contribution in [2.24, 2.45) is 4.99 Å². The van der Waals surface area contributed by atoms with Crippen molar-refractivity contribution in [1.29, 1.82) is 0 Å². The molecule has 5 nitrogen and oxygen atoms in total. The molecule has 1 aromatic rings. The smallest absolute Gasteiger partial charge is 0.336 e. The summed E-state index contributed by atoms with van der Waals surface area (Å²) in [6.07, 6.45) is 1.34. The third kappa shape index (κ3) is 3.45. The Morgan fingerprint density at radius 1 is 1.30 bits per heavy atom. The lowest BCUT2D eigenvalue weighted by Crippen LogP contribution is -2.22. The van der Waals surface area contributed by atoms with E-state index < -0.39 is 0 Å². The van der Waals surface area contributed by atoms with E-state index in [0.717, 1.165) is 6.54 Å². The molecule has 0 fully saturated rings. The van der Waals surface area contributed by atoms with Gasteiger partial charge in [-0.1, -0.05) is 30.3 Å². The highest BCUT2D eigenvalue weighted by Crippen LogP contribution is 2.21. The minimum Gasteiger partial charge on any atom is -0.486 e. The monoisotopic (exact) mass is 274 g/mol. The van der Waals surface area contributed by atoms with E-state index in [4.69, 9.17) is 9.47 Å². The van der Waals surface area contributed by atoms with Crippen molar-refractivity contribution < 1.29 is 14.3 Å². The molecular weight excluding hydrogens is 256 g/mol. The molecule has 0 saturated heterocycles. The summed E-state index contributed by atoms with van der Waals surface area (Å²) in [6.45, 7) is 1.92. The van der Waals surface area contributed by atoms with Crippen molar-refractivity contribution in [3.63, 3.8) is 0 Å². The predicted molar refractivity (Wildman–Crippen MR) is 76.3 cm³/mol. The van der Waals surface area contributed by atoms with Gasteiger partial charge in [0.25, 0.3) is 0 Å². The zero-order valence-electron chi connectivity index (χ0n) is 11.7. The second-order valence-electron chi connectivity index (χ2n) is 4.52. The first-order valence-electron chi connectivity index (χ1n) is 6.36. The van der Waals surface area contributed by atoms with Gasteiger partial charge in [-0.25, -0.2) is 9.79 Å². The standard InChI is InChI=1S/C15H18N2O3/c1-19-11-16-14-10-17(9-13(14)15(18)20-2)8-12-6-4-3-5-7-12/h3-7,11H,8-10H2,1-2H3/b16-11+. The Morgan fingerprint density at radius 3 is 2.70 bits per heavy atom. The number of benzene rings is 1. The molecule has 1 aliphatic rings. The molecule has 0 saturated carbocycles. The summed E-state index contributed by atoms with van der Waals surface area (Å²) in [7, 11) is 2.91. The summed E-state index contributed by atoms with van der Waals surface area (Å²) in [5.41, 5.74) is 2.50. The van der Waals surface area contributed by atoms with Gasteiger partial charge in [-0.2, -0.15) is 0 Å². The average molecular weight is 274 g/mol. The van der Waals surface area contributed by atoms with Crippen molar-refractivity contribution in [3.05, 3.63) is 47.2 Å². The second-order valence-corrected chi connectivity index (χ2v) is 4.52. The van der Waals surface area contributed by atoms with E-state index in [1.54, 1.807) is 0 Å². The van der Waals surface area contributed by atoms with Crippen LogP contribution in [0.5, 0.6) is 0 Å². The number of hydrogen-bond acceptors (Lipinski definition) is 5. The van der Waals surface area contributed by atoms with Crippen molar-refractivity contribution in [1.82, 2.24) is 4.90 Å². The number of esters is 1. The number of nitrogens with zero attached hydrogens (tertiary/aromatic N) is 2. The van der Waals surface area contributed by atoms with Gasteiger partial charge < -0.3 is 9.47 Å². The van der Waals surface area contributed by atoms with Crippen molar-refractivity contribution in [3.8, 4) is 0 Å². The summed E-state index contributed by atoms with van der Waals surface area (Å²) in [6, 6.07) is 10.1. The average Bonchev–Trinajstić information content (AvgIpc) is 2.88. The Morgan fingerprint density at radius 2 is 2.05 bits per heavy atom. The molecular formula is C15H18N2O3. The number of carbonyl (C=O) groups excluding carboxylic acids is 1. The summed E-state index contributed by atoms with van der Waals surface area (Å²) >= 11 is 0. The van der Waals surface area contributed by atoms with Crippen LogP contribution in [0.4, 0.5) is 0 Å². The summed E-state index contributed by atoms with van der Waals surface area (Å²) in [5.74, 6) is -0.330. The SMILES string of the molecule is CO/C=N/C1=C(C(=O)OC)CN(Cc2ccccc2)C1. The third-order valence-corrected chi connectivity index (χ3v) is 3.10. The minimum atomic E-state index is -0.330. The zero-order chi connectivity index (χ0) is 14.4. The molecule has 0 atom stereocenters. The molecule has 0 unspecified atom stereocenters. The minimum absolute atomic E-state index is 0.330. The van der Waals surface area contributed by atoms with E-state index in [-0.39, 0.29) is 5.97 Å². The van der Waals surface area contributed by atoms with E-state index in [9.17, 15) is 4.79 Å². The largest absolute Gasteiger partial charge is 0.486 e. The van der Waals surface area contributed by atoms with Gasteiger partial charge >= 0.3 is 5.97 Å². The first-order valence-corrected chi connectivity index (χ1v) is 6.36. The quantitative estimate of drug-likeness (QED) is 0.465. The van der Waals surface area contributed by atoms with Gasteiger partial charge in [0.05, 0.1) is 25.5 Å². The van der Waals surface area contributed by atoms with E-state index >= 15 is 0 Å². The van der Waals surface area contributed by atoms with E-state index in [0.29, 0.717) is 24.4 Å². The molecule has 1 heterocycles. The molecule has 5 heteroatoms. The fourth-order valence-corrected chi connectivity index (χ4v) is 2.17. The summed E-state index contributed by atoms with van der Waals surface area (Å²) < 4.78 is 9.63. The second kappa shape index (κ2) is 6.86. The number of carbonyl (C=O) groups is 1. The van der Waals surface area contributed by atoms with Crippen LogP contribution in [0.3, 0.4) is 0 Å². The van der Waals surface area contributed by atoms with Crippen molar-refractivity contribution in [2.45, 2.75) is 6.54 Å². The zero-order valence-corrected chi connectivity index (χ0v) is 11.7. The maximum atomic E-state index is 11.8. The normalized spacial score (nSPS) is 15.9. The van der Waals surface area contributed by atoms with Crippen LogP contribution in [0.25, 0.3) is 0 Å². The molecule has 0 bridgehead atoms. The van der Waals surface area contributed by atoms with Crippen LogP contribution in [0.15, 0.2) is 46.6 Å². The topological polar surface area (TPSA) is 51.1 Å². The molecule has 106 valence electrons. The van der Waals surface area contributed by atoms with Crippen LogP contribution in [-0.2, 0) is 20.8 Å². The maximum Gasteiger partial charge on any atom is 0.336 e. The van der Waals surface area contributed by atoms with Crippen LogP contribution in [-0.4, -0.2) is 44.6 Å². The van der Waals surface area contributed by atoms with Crippen LogP contribution < -0.4 is 0 Å². The van der Waals surface area contributed by atoms with E-state index in [2.05, 4.69) is 22.0 Å². The van der Waals surface area contributed by atoms with Crippen LogP contribution >= 0.6 is 0 Å². The lowest BCUT2D eigenvalue weighted by atomic mass is 10.2. The molecule has 20 heavy (non-hydrogen) atoms. The maximum absolute atomic E-state index is 11.8. The van der Waals surface area contributed by atoms with Gasteiger partial charge in [0.1, 0.15) is 0 Å². The molecule has 0 radical (unpaired) electrons. The van der Waals surface area contributed by atoms with Crippen LogP contribution in [0, 0.1) is 0 Å². The Kier molecular flexibility index (Phi) is 4.90. The van der Waals surface area contributed by atoms with Crippen molar-refractivity contribution in [2.75, 3.05) is 27.3 Å². The third-order valence-electron chi connectivity index (χ3n) is 3.10. The molecule has 0 amide bonds. The fourth-order valence-electron chi connectivity index (χ4n) is 2.17. The fraction of sp³-hybridized carbons (Fsp3) is 0.333. The highest BCUT2D eigenvalue weighted by atomic mass is 16.5. The van der Waals surface area contributed by atoms with Gasteiger partial charge in [-0.3, -0.25) is 4.90 Å². The Bertz CT molecular complexity index is 523. The molecule has 0 aliphatic carbocycles. The van der Waals surface area contributed by atoms with Gasteiger partial charge in [-0.05, 0) is 5.56 Å². The van der Waals surface area contributed by atoms with E-state index in [1.165, 1.54) is 26.2 Å². The first-order chi connectivity index (χ1) is 9.74. The number of methoxy groups -OCH3 is 2. The van der Waals surface area contributed by atoms with Crippen molar-refractivity contribution >= 4 is 12.4 Å². The molecule has 0 N–H and O–H groups in total. The lowest BCUT2D eigenvalue weighted by Gasteiger charge is -2.15. The van der Waals surface area contributed by atoms with Gasteiger partial charge in [-0.15, -0.1) is 0 Å². The number of rotatable bonds is 5. The molecule has 0 spiro atoms.